The summed E-state index contributed by atoms with van der Waals surface area (Å²) in [5.74, 6) is 0.126. The summed E-state index contributed by atoms with van der Waals surface area (Å²) in [4.78, 5) is 30.4. The summed E-state index contributed by atoms with van der Waals surface area (Å²) in [5.41, 5.74) is 1.15. The molecule has 0 aliphatic carbocycles. The van der Waals surface area contributed by atoms with Gasteiger partial charge < -0.3 is 9.80 Å². The zero-order valence-corrected chi connectivity index (χ0v) is 14.4. The Morgan fingerprint density at radius 1 is 1.08 bits per heavy atom. The van der Waals surface area contributed by atoms with Gasteiger partial charge in [-0.2, -0.15) is 5.26 Å². The van der Waals surface area contributed by atoms with E-state index in [2.05, 4.69) is 4.90 Å². The molecule has 0 spiro atoms. The normalized spacial score (nSPS) is 15.0. The Labute approximate surface area is 143 Å². The Morgan fingerprint density at radius 3 is 2.17 bits per heavy atom. The van der Waals surface area contributed by atoms with Crippen LogP contribution in [0.5, 0.6) is 0 Å². The van der Waals surface area contributed by atoms with Crippen LogP contribution in [0.3, 0.4) is 0 Å². The lowest BCUT2D eigenvalue weighted by atomic mass is 10.1. The van der Waals surface area contributed by atoms with Crippen LogP contribution in [0.4, 0.5) is 0 Å². The van der Waals surface area contributed by atoms with Crippen LogP contribution >= 0.6 is 0 Å². The van der Waals surface area contributed by atoms with Crippen molar-refractivity contribution in [3.05, 3.63) is 35.4 Å². The van der Waals surface area contributed by atoms with Crippen molar-refractivity contribution in [3.63, 3.8) is 0 Å². The monoisotopic (exact) mass is 328 g/mol. The largest absolute Gasteiger partial charge is 0.342 e. The number of amides is 2. The fraction of sp³-hybridized carbons (Fsp3) is 0.500. The van der Waals surface area contributed by atoms with E-state index in [0.717, 1.165) is 13.1 Å². The molecule has 0 saturated carbocycles. The molecule has 1 aliphatic heterocycles. The minimum atomic E-state index is -0.0193. The molecule has 1 aliphatic rings. The first-order valence-electron chi connectivity index (χ1n) is 8.38. The molecule has 0 radical (unpaired) electrons. The van der Waals surface area contributed by atoms with Gasteiger partial charge in [-0.25, -0.2) is 0 Å². The quantitative estimate of drug-likeness (QED) is 0.814. The van der Waals surface area contributed by atoms with E-state index >= 15 is 0 Å². The molecule has 0 unspecified atom stereocenters. The molecule has 1 heterocycles. The van der Waals surface area contributed by atoms with E-state index in [1.165, 1.54) is 0 Å². The molecule has 2 rings (SSSR count). The number of benzene rings is 1. The van der Waals surface area contributed by atoms with Gasteiger partial charge in [0.05, 0.1) is 18.2 Å². The highest BCUT2D eigenvalue weighted by atomic mass is 16.2. The number of rotatable bonds is 5. The lowest BCUT2D eigenvalue weighted by Crippen LogP contribution is -2.51. The summed E-state index contributed by atoms with van der Waals surface area (Å²) in [5, 5.41) is 8.81. The number of hydrogen-bond donors (Lipinski definition) is 0. The molecule has 0 N–H and O–H groups in total. The Morgan fingerprint density at radius 2 is 1.67 bits per heavy atom. The number of carbonyl (C=O) groups is 2. The van der Waals surface area contributed by atoms with Crippen molar-refractivity contribution >= 4 is 11.8 Å². The van der Waals surface area contributed by atoms with E-state index < -0.39 is 0 Å². The highest BCUT2D eigenvalue weighted by Gasteiger charge is 2.24. The van der Waals surface area contributed by atoms with Gasteiger partial charge in [0.15, 0.2) is 0 Å². The summed E-state index contributed by atoms with van der Waals surface area (Å²) in [6.45, 7) is 8.48. The van der Waals surface area contributed by atoms with Crippen LogP contribution in [0.15, 0.2) is 24.3 Å². The SMILES string of the molecule is CCN(CC)C(=O)CN1CCN(C(=O)c2ccc(C#N)cc2)CC1. The third kappa shape index (κ3) is 4.33. The molecule has 1 saturated heterocycles. The Hall–Kier alpha value is -2.39. The fourth-order valence-corrected chi connectivity index (χ4v) is 2.85. The molecule has 6 heteroatoms. The van der Waals surface area contributed by atoms with Crippen molar-refractivity contribution in [1.29, 1.82) is 5.26 Å². The van der Waals surface area contributed by atoms with Gasteiger partial charge in [-0.05, 0) is 38.1 Å². The van der Waals surface area contributed by atoms with Gasteiger partial charge in [0.1, 0.15) is 0 Å². The summed E-state index contributed by atoms with van der Waals surface area (Å²) >= 11 is 0. The van der Waals surface area contributed by atoms with Gasteiger partial charge in [0, 0.05) is 44.8 Å². The predicted octanol–water partition coefficient (Wildman–Crippen LogP) is 1.18. The van der Waals surface area contributed by atoms with Crippen LogP contribution in [-0.4, -0.2) is 72.3 Å². The van der Waals surface area contributed by atoms with E-state index in [1.54, 1.807) is 29.2 Å². The molecule has 2 amide bonds. The highest BCUT2D eigenvalue weighted by molar-refractivity contribution is 5.94. The van der Waals surface area contributed by atoms with E-state index in [4.69, 9.17) is 5.26 Å². The van der Waals surface area contributed by atoms with Crippen molar-refractivity contribution in [2.75, 3.05) is 45.8 Å². The maximum atomic E-state index is 12.5. The predicted molar refractivity (Wildman–Crippen MR) is 91.4 cm³/mol. The third-order valence-electron chi connectivity index (χ3n) is 4.40. The fourth-order valence-electron chi connectivity index (χ4n) is 2.85. The first kappa shape index (κ1) is 18.0. The van der Waals surface area contributed by atoms with Gasteiger partial charge in [-0.3, -0.25) is 14.5 Å². The van der Waals surface area contributed by atoms with Gasteiger partial charge in [-0.1, -0.05) is 0 Å². The molecular weight excluding hydrogens is 304 g/mol. The maximum absolute atomic E-state index is 12.5. The number of hydrogen-bond acceptors (Lipinski definition) is 4. The smallest absolute Gasteiger partial charge is 0.253 e. The molecular formula is C18H24N4O2. The van der Waals surface area contributed by atoms with Gasteiger partial charge in [0.2, 0.25) is 5.91 Å². The van der Waals surface area contributed by atoms with E-state index in [-0.39, 0.29) is 11.8 Å². The van der Waals surface area contributed by atoms with E-state index in [1.807, 2.05) is 24.8 Å². The van der Waals surface area contributed by atoms with Crippen molar-refractivity contribution in [3.8, 4) is 6.07 Å². The van der Waals surface area contributed by atoms with Crippen molar-refractivity contribution in [2.24, 2.45) is 0 Å². The second-order valence-corrected chi connectivity index (χ2v) is 5.82. The summed E-state index contributed by atoms with van der Waals surface area (Å²) in [6, 6.07) is 8.75. The number of piperazine rings is 1. The van der Waals surface area contributed by atoms with E-state index in [9.17, 15) is 9.59 Å². The molecule has 1 fully saturated rings. The van der Waals surface area contributed by atoms with Crippen LogP contribution in [0.2, 0.25) is 0 Å². The van der Waals surface area contributed by atoms with Crippen LogP contribution < -0.4 is 0 Å². The van der Waals surface area contributed by atoms with Crippen LogP contribution in [0.25, 0.3) is 0 Å². The van der Waals surface area contributed by atoms with Crippen molar-refractivity contribution < 1.29 is 9.59 Å². The Bertz CT molecular complexity index is 609. The molecule has 128 valence electrons. The third-order valence-corrected chi connectivity index (χ3v) is 4.40. The van der Waals surface area contributed by atoms with Crippen molar-refractivity contribution in [2.45, 2.75) is 13.8 Å². The minimum Gasteiger partial charge on any atom is -0.342 e. The number of nitriles is 1. The highest BCUT2D eigenvalue weighted by Crippen LogP contribution is 2.10. The lowest BCUT2D eigenvalue weighted by molar-refractivity contribution is -0.132. The zero-order valence-electron chi connectivity index (χ0n) is 14.4. The standard InChI is InChI=1S/C18H24N4O2/c1-3-21(4-2)17(23)14-20-9-11-22(12-10-20)18(24)16-7-5-15(13-19)6-8-16/h5-8H,3-4,9-12,14H2,1-2H3. The maximum Gasteiger partial charge on any atom is 0.253 e. The number of nitrogens with zero attached hydrogens (tertiary/aromatic N) is 4. The molecule has 0 atom stereocenters. The summed E-state index contributed by atoms with van der Waals surface area (Å²) < 4.78 is 0. The van der Waals surface area contributed by atoms with Crippen LogP contribution in [-0.2, 0) is 4.79 Å². The lowest BCUT2D eigenvalue weighted by Gasteiger charge is -2.35. The number of likely N-dealkylation sites (N-methyl/N-ethyl adjacent to an activating group) is 1. The summed E-state index contributed by atoms with van der Waals surface area (Å²) in [7, 11) is 0. The minimum absolute atomic E-state index is 0.0193. The molecule has 24 heavy (non-hydrogen) atoms. The first-order chi connectivity index (χ1) is 11.6. The van der Waals surface area contributed by atoms with Gasteiger partial charge >= 0.3 is 0 Å². The average Bonchev–Trinajstić information content (AvgIpc) is 2.63. The molecule has 0 aromatic heterocycles. The van der Waals surface area contributed by atoms with Crippen LogP contribution in [0.1, 0.15) is 29.8 Å². The second kappa shape index (κ2) is 8.46. The first-order valence-corrected chi connectivity index (χ1v) is 8.38. The second-order valence-electron chi connectivity index (χ2n) is 5.82. The van der Waals surface area contributed by atoms with E-state index in [0.29, 0.717) is 43.9 Å². The summed E-state index contributed by atoms with van der Waals surface area (Å²) in [6.07, 6.45) is 0. The van der Waals surface area contributed by atoms with Crippen molar-refractivity contribution in [1.82, 2.24) is 14.7 Å². The molecule has 1 aromatic rings. The average molecular weight is 328 g/mol. The zero-order chi connectivity index (χ0) is 17.5. The topological polar surface area (TPSA) is 67.7 Å². The molecule has 1 aromatic carbocycles. The Kier molecular flexibility index (Phi) is 6.33. The van der Waals surface area contributed by atoms with Gasteiger partial charge in [0.25, 0.3) is 5.91 Å². The van der Waals surface area contributed by atoms with Crippen LogP contribution in [0, 0.1) is 11.3 Å². The Balaban J connectivity index is 1.86. The number of carbonyl (C=O) groups excluding carboxylic acids is 2. The molecule has 0 bridgehead atoms. The molecule has 6 nitrogen and oxygen atoms in total. The van der Waals surface area contributed by atoms with Gasteiger partial charge in [-0.15, -0.1) is 0 Å².